The number of ether oxygens (including phenoxy) is 1. The highest BCUT2D eigenvalue weighted by Gasteiger charge is 2.37. The molecule has 3 amide bonds. The minimum Gasteiger partial charge on any atom is -0.444 e. The molecule has 8 heteroatoms. The fourth-order valence-corrected chi connectivity index (χ4v) is 3.66. The van der Waals surface area contributed by atoms with Gasteiger partial charge in [-0.05, 0) is 57.7 Å². The van der Waals surface area contributed by atoms with E-state index in [-0.39, 0.29) is 31.0 Å². The molecule has 3 N–H and O–H groups in total. The monoisotopic (exact) mass is 487 g/mol. The van der Waals surface area contributed by atoms with Crippen LogP contribution in [0.25, 0.3) is 0 Å². The van der Waals surface area contributed by atoms with Crippen molar-refractivity contribution in [2.75, 3.05) is 13.2 Å². The van der Waals surface area contributed by atoms with E-state index in [2.05, 4.69) is 16.6 Å². The molecule has 35 heavy (non-hydrogen) atoms. The molecule has 0 aliphatic heterocycles. The fourth-order valence-electron chi connectivity index (χ4n) is 3.66. The van der Waals surface area contributed by atoms with Gasteiger partial charge in [0, 0.05) is 18.2 Å². The number of benzene rings is 1. The second-order valence-electron chi connectivity index (χ2n) is 9.99. The predicted molar refractivity (Wildman–Crippen MR) is 136 cm³/mol. The number of nitrogens with zero attached hydrogens (tertiary/aromatic N) is 1. The Balaban J connectivity index is 3.42. The molecule has 194 valence electrons. The molecule has 0 bridgehead atoms. The third-order valence-electron chi connectivity index (χ3n) is 5.29. The lowest BCUT2D eigenvalue weighted by Gasteiger charge is -2.35. The number of amides is 3. The second kappa shape index (κ2) is 13.7. The third-order valence-corrected chi connectivity index (χ3v) is 5.29. The van der Waals surface area contributed by atoms with Gasteiger partial charge in [0.25, 0.3) is 0 Å². The summed E-state index contributed by atoms with van der Waals surface area (Å²) in [4.78, 5) is 41.0. The number of aliphatic hydroxyl groups excluding tert-OH is 1. The minimum atomic E-state index is -1.03. The maximum absolute atomic E-state index is 13.8. The van der Waals surface area contributed by atoms with Crippen molar-refractivity contribution in [3.05, 3.63) is 35.4 Å². The Morgan fingerprint density at radius 2 is 1.71 bits per heavy atom. The SMILES string of the molecule is C#Cc1ccc(C(C(=O)NC(C)CCC)N(CCO)C(=O)C(NC(=O)OC(C)(C)C)C(C)C)cc1. The van der Waals surface area contributed by atoms with Crippen molar-refractivity contribution in [1.29, 1.82) is 0 Å². The summed E-state index contributed by atoms with van der Waals surface area (Å²) in [5.74, 6) is 1.37. The molecule has 1 aromatic rings. The fraction of sp³-hybridized carbons (Fsp3) is 0.593. The summed E-state index contributed by atoms with van der Waals surface area (Å²) in [6.45, 7) is 12.2. The number of nitrogens with one attached hydrogen (secondary N) is 2. The van der Waals surface area contributed by atoms with Crippen LogP contribution >= 0.6 is 0 Å². The molecule has 3 atom stereocenters. The average Bonchev–Trinajstić information content (AvgIpc) is 2.75. The molecule has 8 nitrogen and oxygen atoms in total. The van der Waals surface area contributed by atoms with Crippen LogP contribution < -0.4 is 10.6 Å². The van der Waals surface area contributed by atoms with E-state index in [1.54, 1.807) is 58.9 Å². The van der Waals surface area contributed by atoms with E-state index in [1.807, 2.05) is 13.8 Å². The van der Waals surface area contributed by atoms with Crippen LogP contribution in [-0.2, 0) is 14.3 Å². The van der Waals surface area contributed by atoms with Crippen molar-refractivity contribution in [3.63, 3.8) is 0 Å². The summed E-state index contributed by atoms with van der Waals surface area (Å²) in [5.41, 5.74) is 0.446. The normalized spacial score (nSPS) is 13.8. The van der Waals surface area contributed by atoms with Crippen molar-refractivity contribution < 1.29 is 24.2 Å². The number of carbonyl (C=O) groups excluding carboxylic acids is 3. The van der Waals surface area contributed by atoms with Gasteiger partial charge in [0.05, 0.1) is 6.61 Å². The van der Waals surface area contributed by atoms with E-state index in [0.29, 0.717) is 11.1 Å². The number of alkyl carbamates (subject to hydrolysis) is 1. The molecule has 0 aliphatic rings. The van der Waals surface area contributed by atoms with Gasteiger partial charge in [-0.2, -0.15) is 0 Å². The van der Waals surface area contributed by atoms with Gasteiger partial charge in [-0.25, -0.2) is 4.79 Å². The molecule has 0 saturated heterocycles. The molecular formula is C27H41N3O5. The molecule has 1 aromatic carbocycles. The highest BCUT2D eigenvalue weighted by atomic mass is 16.6. The van der Waals surface area contributed by atoms with Gasteiger partial charge in [0.1, 0.15) is 17.7 Å². The summed E-state index contributed by atoms with van der Waals surface area (Å²) in [6, 6.07) is 4.71. The second-order valence-corrected chi connectivity index (χ2v) is 9.99. The van der Waals surface area contributed by atoms with Crippen molar-refractivity contribution in [3.8, 4) is 12.3 Å². The molecule has 0 spiro atoms. The number of aliphatic hydroxyl groups is 1. The molecule has 0 aromatic heterocycles. The Bertz CT molecular complexity index is 884. The quantitative estimate of drug-likeness (QED) is 0.415. The van der Waals surface area contributed by atoms with E-state index in [1.165, 1.54) is 4.90 Å². The lowest BCUT2D eigenvalue weighted by atomic mass is 9.98. The summed E-state index contributed by atoms with van der Waals surface area (Å²) in [5, 5.41) is 15.4. The van der Waals surface area contributed by atoms with Gasteiger partial charge in [0.15, 0.2) is 0 Å². The molecule has 0 heterocycles. The van der Waals surface area contributed by atoms with Crippen LogP contribution in [0.4, 0.5) is 4.79 Å². The smallest absolute Gasteiger partial charge is 0.408 e. The number of rotatable bonds is 11. The van der Waals surface area contributed by atoms with Gasteiger partial charge < -0.3 is 25.4 Å². The standard InChI is InChI=1S/C27H41N3O5/c1-9-11-19(5)28-24(32)23(21-14-12-20(10-2)13-15-21)30(16-17-31)25(33)22(18(3)4)29-26(34)35-27(6,7)8/h2,12-15,18-19,22-23,31H,9,11,16-17H2,1,3-8H3,(H,28,32)(H,29,34). The van der Waals surface area contributed by atoms with Crippen LogP contribution in [0.5, 0.6) is 0 Å². The van der Waals surface area contributed by atoms with E-state index >= 15 is 0 Å². The Hall–Kier alpha value is -3.05. The maximum Gasteiger partial charge on any atom is 0.408 e. The van der Waals surface area contributed by atoms with E-state index < -0.39 is 29.7 Å². The van der Waals surface area contributed by atoms with Crippen LogP contribution in [0.1, 0.15) is 78.5 Å². The number of carbonyl (C=O) groups is 3. The Morgan fingerprint density at radius 1 is 1.11 bits per heavy atom. The molecule has 0 aliphatic carbocycles. The molecule has 0 saturated carbocycles. The Labute approximate surface area is 209 Å². The van der Waals surface area contributed by atoms with Crippen LogP contribution in [0.2, 0.25) is 0 Å². The van der Waals surface area contributed by atoms with Crippen molar-refractivity contribution >= 4 is 17.9 Å². The third kappa shape index (κ3) is 9.61. The molecule has 1 rings (SSSR count). The van der Waals surface area contributed by atoms with Gasteiger partial charge >= 0.3 is 6.09 Å². The minimum absolute atomic E-state index is 0.102. The van der Waals surface area contributed by atoms with Crippen LogP contribution in [0, 0.1) is 18.3 Å². The first kappa shape index (κ1) is 30.0. The lowest BCUT2D eigenvalue weighted by molar-refractivity contribution is -0.144. The number of terminal acetylenes is 1. The first-order valence-electron chi connectivity index (χ1n) is 12.1. The van der Waals surface area contributed by atoms with E-state index in [9.17, 15) is 19.5 Å². The molecule has 0 fully saturated rings. The molecule has 0 radical (unpaired) electrons. The van der Waals surface area contributed by atoms with Crippen LogP contribution in [-0.4, -0.2) is 58.8 Å². The zero-order chi connectivity index (χ0) is 26.8. The summed E-state index contributed by atoms with van der Waals surface area (Å²) < 4.78 is 5.34. The first-order valence-corrected chi connectivity index (χ1v) is 12.1. The summed E-state index contributed by atoms with van der Waals surface area (Å²) >= 11 is 0. The number of hydrogen-bond donors (Lipinski definition) is 3. The lowest BCUT2D eigenvalue weighted by Crippen LogP contribution is -2.55. The van der Waals surface area contributed by atoms with E-state index in [4.69, 9.17) is 11.2 Å². The van der Waals surface area contributed by atoms with Crippen LogP contribution in [0.15, 0.2) is 24.3 Å². The first-order chi connectivity index (χ1) is 16.3. The maximum atomic E-state index is 13.8. The van der Waals surface area contributed by atoms with Gasteiger partial charge in [-0.3, -0.25) is 9.59 Å². The summed E-state index contributed by atoms with van der Waals surface area (Å²) in [6.07, 6.45) is 6.40. The topological polar surface area (TPSA) is 108 Å². The Morgan fingerprint density at radius 3 is 2.17 bits per heavy atom. The van der Waals surface area contributed by atoms with Crippen molar-refractivity contribution in [2.45, 2.75) is 85.0 Å². The van der Waals surface area contributed by atoms with Crippen molar-refractivity contribution in [1.82, 2.24) is 15.5 Å². The largest absolute Gasteiger partial charge is 0.444 e. The van der Waals surface area contributed by atoms with Gasteiger partial charge in [0.2, 0.25) is 11.8 Å². The zero-order valence-corrected chi connectivity index (χ0v) is 22.1. The predicted octanol–water partition coefficient (Wildman–Crippen LogP) is 3.38. The summed E-state index contributed by atoms with van der Waals surface area (Å²) in [7, 11) is 0. The van der Waals surface area contributed by atoms with Gasteiger partial charge in [-0.1, -0.05) is 45.2 Å². The highest BCUT2D eigenvalue weighted by Crippen LogP contribution is 2.24. The van der Waals surface area contributed by atoms with Crippen LogP contribution in [0.3, 0.4) is 0 Å². The molecular weight excluding hydrogens is 446 g/mol. The average molecular weight is 488 g/mol. The Kier molecular flexibility index (Phi) is 11.8. The van der Waals surface area contributed by atoms with E-state index in [0.717, 1.165) is 12.8 Å². The van der Waals surface area contributed by atoms with Gasteiger partial charge in [-0.15, -0.1) is 6.42 Å². The number of hydrogen-bond acceptors (Lipinski definition) is 5. The highest BCUT2D eigenvalue weighted by molar-refractivity contribution is 5.92. The van der Waals surface area contributed by atoms with Crippen molar-refractivity contribution in [2.24, 2.45) is 5.92 Å². The molecule has 3 unspecified atom stereocenters. The zero-order valence-electron chi connectivity index (χ0n) is 22.1.